The lowest BCUT2D eigenvalue weighted by Crippen LogP contribution is -2.66. The molecule has 6 heteroatoms. The fraction of sp³-hybridized carbons (Fsp3) is 0.444. The SMILES string of the molecule is CCC(CC)[C@@H]1C(=O)N[C@H](C2Cc3ccccc3C2)C(=O)N1Cc1ccccc1C(=O)OC. The van der Waals surface area contributed by atoms with Crippen molar-refractivity contribution in [2.24, 2.45) is 11.8 Å². The lowest BCUT2D eigenvalue weighted by atomic mass is 9.85. The molecule has 0 aromatic heterocycles. The van der Waals surface area contributed by atoms with Gasteiger partial charge in [0, 0.05) is 6.54 Å². The largest absolute Gasteiger partial charge is 0.465 e. The first-order valence-corrected chi connectivity index (χ1v) is 11.8. The number of nitrogens with zero attached hydrogens (tertiary/aromatic N) is 1. The Balaban J connectivity index is 1.67. The molecule has 1 aliphatic carbocycles. The standard InChI is InChI=1S/C27H32N2O4/c1-4-17(5-2)24-25(30)28-23(21-14-18-10-6-7-11-19(18)15-21)26(31)29(24)16-20-12-8-9-13-22(20)27(32)33-3/h6-13,17,21,23-24H,4-5,14-16H2,1-3H3,(H,28,30)/t23-,24-/m1/s1. The molecule has 0 spiro atoms. The Bertz CT molecular complexity index is 1020. The van der Waals surface area contributed by atoms with E-state index in [1.54, 1.807) is 17.0 Å². The summed E-state index contributed by atoms with van der Waals surface area (Å²) in [6.07, 6.45) is 3.12. The molecule has 0 radical (unpaired) electrons. The van der Waals surface area contributed by atoms with Gasteiger partial charge in [0.1, 0.15) is 12.1 Å². The van der Waals surface area contributed by atoms with Crippen LogP contribution in [0.3, 0.4) is 0 Å². The number of carbonyl (C=O) groups is 3. The molecule has 0 saturated carbocycles. The summed E-state index contributed by atoms with van der Waals surface area (Å²) in [4.78, 5) is 41.4. The van der Waals surface area contributed by atoms with Gasteiger partial charge in [-0.05, 0) is 47.4 Å². The second-order valence-electron chi connectivity index (χ2n) is 9.06. The highest BCUT2D eigenvalue weighted by Crippen LogP contribution is 2.33. The Morgan fingerprint density at radius 1 is 1.03 bits per heavy atom. The highest BCUT2D eigenvalue weighted by atomic mass is 16.5. The zero-order chi connectivity index (χ0) is 23.5. The van der Waals surface area contributed by atoms with E-state index in [1.165, 1.54) is 18.2 Å². The fourth-order valence-electron chi connectivity index (χ4n) is 5.44. The summed E-state index contributed by atoms with van der Waals surface area (Å²) >= 11 is 0. The fourth-order valence-corrected chi connectivity index (χ4v) is 5.44. The number of methoxy groups -OCH3 is 1. The smallest absolute Gasteiger partial charge is 0.338 e. The molecule has 1 aliphatic heterocycles. The first kappa shape index (κ1) is 23.0. The number of esters is 1. The number of benzene rings is 2. The Morgan fingerprint density at radius 3 is 2.24 bits per heavy atom. The van der Waals surface area contributed by atoms with Gasteiger partial charge in [0.25, 0.3) is 0 Å². The van der Waals surface area contributed by atoms with E-state index in [4.69, 9.17) is 4.74 Å². The normalized spacial score (nSPS) is 20.7. The van der Waals surface area contributed by atoms with E-state index in [2.05, 4.69) is 17.4 Å². The quantitative estimate of drug-likeness (QED) is 0.658. The van der Waals surface area contributed by atoms with Crippen LogP contribution in [0.4, 0.5) is 0 Å². The summed E-state index contributed by atoms with van der Waals surface area (Å²) in [5.74, 6) is -0.536. The minimum atomic E-state index is -0.569. The molecular weight excluding hydrogens is 416 g/mol. The number of hydrogen-bond donors (Lipinski definition) is 1. The van der Waals surface area contributed by atoms with Gasteiger partial charge in [-0.2, -0.15) is 0 Å². The number of nitrogens with one attached hydrogen (secondary N) is 1. The zero-order valence-electron chi connectivity index (χ0n) is 19.5. The van der Waals surface area contributed by atoms with Crippen LogP contribution in [0.15, 0.2) is 48.5 Å². The van der Waals surface area contributed by atoms with Gasteiger partial charge < -0.3 is 15.0 Å². The van der Waals surface area contributed by atoms with Gasteiger partial charge in [0.05, 0.1) is 12.7 Å². The average molecular weight is 449 g/mol. The molecule has 2 amide bonds. The van der Waals surface area contributed by atoms with Crippen molar-refractivity contribution in [3.05, 3.63) is 70.8 Å². The average Bonchev–Trinajstić information content (AvgIpc) is 3.27. The Labute approximate surface area is 195 Å². The van der Waals surface area contributed by atoms with Crippen LogP contribution >= 0.6 is 0 Å². The van der Waals surface area contributed by atoms with Crippen LogP contribution in [0, 0.1) is 11.8 Å². The summed E-state index contributed by atoms with van der Waals surface area (Å²) < 4.78 is 4.95. The first-order valence-electron chi connectivity index (χ1n) is 11.8. The second kappa shape index (κ2) is 9.77. The van der Waals surface area contributed by atoms with Gasteiger partial charge in [-0.15, -0.1) is 0 Å². The Kier molecular flexibility index (Phi) is 6.82. The van der Waals surface area contributed by atoms with Crippen LogP contribution in [-0.2, 0) is 33.7 Å². The number of carbonyl (C=O) groups excluding carboxylic acids is 3. The number of amides is 2. The molecule has 4 rings (SSSR count). The second-order valence-corrected chi connectivity index (χ2v) is 9.06. The number of fused-ring (bicyclic) bond motifs is 1. The minimum absolute atomic E-state index is 0.0276. The summed E-state index contributed by atoms with van der Waals surface area (Å²) in [7, 11) is 1.35. The molecule has 33 heavy (non-hydrogen) atoms. The molecule has 1 saturated heterocycles. The molecule has 2 aliphatic rings. The maximum atomic E-state index is 13.9. The molecule has 174 valence electrons. The summed E-state index contributed by atoms with van der Waals surface area (Å²) in [5, 5.41) is 3.08. The predicted octanol–water partition coefficient (Wildman–Crippen LogP) is 3.52. The van der Waals surface area contributed by atoms with Gasteiger partial charge in [-0.1, -0.05) is 69.2 Å². The lowest BCUT2D eigenvalue weighted by molar-refractivity contribution is -0.154. The van der Waals surface area contributed by atoms with Crippen LogP contribution in [0.25, 0.3) is 0 Å². The van der Waals surface area contributed by atoms with Gasteiger partial charge in [-0.25, -0.2) is 4.79 Å². The van der Waals surface area contributed by atoms with Crippen molar-refractivity contribution in [3.8, 4) is 0 Å². The molecule has 2 aromatic rings. The van der Waals surface area contributed by atoms with E-state index in [0.29, 0.717) is 11.1 Å². The van der Waals surface area contributed by atoms with Gasteiger partial charge in [-0.3, -0.25) is 9.59 Å². The molecule has 2 atom stereocenters. The number of rotatable bonds is 7. The van der Waals surface area contributed by atoms with Gasteiger partial charge in [0.2, 0.25) is 11.8 Å². The third kappa shape index (κ3) is 4.39. The minimum Gasteiger partial charge on any atom is -0.465 e. The first-order chi connectivity index (χ1) is 16.0. The van der Waals surface area contributed by atoms with E-state index in [9.17, 15) is 14.4 Å². The molecule has 6 nitrogen and oxygen atoms in total. The van der Waals surface area contributed by atoms with Crippen LogP contribution in [0.1, 0.15) is 53.7 Å². The van der Waals surface area contributed by atoms with Crippen LogP contribution < -0.4 is 5.32 Å². The van der Waals surface area contributed by atoms with Gasteiger partial charge >= 0.3 is 5.97 Å². The molecule has 2 aromatic carbocycles. The number of piperazine rings is 1. The molecule has 1 N–H and O–H groups in total. The van der Waals surface area contributed by atoms with Gasteiger partial charge in [0.15, 0.2) is 0 Å². The van der Waals surface area contributed by atoms with Crippen LogP contribution in [0.5, 0.6) is 0 Å². The van der Waals surface area contributed by atoms with Crippen molar-refractivity contribution in [2.45, 2.75) is 58.2 Å². The lowest BCUT2D eigenvalue weighted by Gasteiger charge is -2.44. The topological polar surface area (TPSA) is 75.7 Å². The zero-order valence-corrected chi connectivity index (χ0v) is 19.5. The summed E-state index contributed by atoms with van der Waals surface area (Å²) in [6, 6.07) is 14.3. The number of hydrogen-bond acceptors (Lipinski definition) is 4. The third-order valence-electron chi connectivity index (χ3n) is 7.26. The van der Waals surface area contributed by atoms with E-state index < -0.39 is 18.1 Å². The van der Waals surface area contributed by atoms with Crippen molar-refractivity contribution in [1.29, 1.82) is 0 Å². The summed E-state index contributed by atoms with van der Waals surface area (Å²) in [6.45, 7) is 4.30. The van der Waals surface area contributed by atoms with Crippen LogP contribution in [-0.4, -0.2) is 41.9 Å². The van der Waals surface area contributed by atoms with E-state index in [1.807, 2.05) is 38.1 Å². The maximum absolute atomic E-state index is 13.9. The molecular formula is C27H32N2O4. The monoisotopic (exact) mass is 448 g/mol. The summed E-state index contributed by atoms with van der Waals surface area (Å²) in [5.41, 5.74) is 3.60. The molecule has 1 fully saturated rings. The maximum Gasteiger partial charge on any atom is 0.338 e. The van der Waals surface area contributed by atoms with Crippen molar-refractivity contribution >= 4 is 17.8 Å². The van der Waals surface area contributed by atoms with E-state index >= 15 is 0 Å². The van der Waals surface area contributed by atoms with E-state index in [0.717, 1.165) is 25.7 Å². The highest BCUT2D eigenvalue weighted by Gasteiger charge is 2.47. The van der Waals surface area contributed by atoms with Crippen molar-refractivity contribution in [3.63, 3.8) is 0 Å². The van der Waals surface area contributed by atoms with Crippen LogP contribution in [0.2, 0.25) is 0 Å². The molecule has 1 heterocycles. The van der Waals surface area contributed by atoms with E-state index in [-0.39, 0.29) is 30.2 Å². The Morgan fingerprint density at radius 2 is 1.64 bits per heavy atom. The van der Waals surface area contributed by atoms with Crippen molar-refractivity contribution in [1.82, 2.24) is 10.2 Å². The number of ether oxygens (including phenoxy) is 1. The molecule has 0 bridgehead atoms. The Hall–Kier alpha value is -3.15. The van der Waals surface area contributed by atoms with Crippen molar-refractivity contribution < 1.29 is 19.1 Å². The molecule has 0 unspecified atom stereocenters. The third-order valence-corrected chi connectivity index (χ3v) is 7.26. The van der Waals surface area contributed by atoms with Crippen molar-refractivity contribution in [2.75, 3.05) is 7.11 Å². The highest BCUT2D eigenvalue weighted by molar-refractivity contribution is 5.98. The predicted molar refractivity (Wildman–Crippen MR) is 125 cm³/mol.